The number of phenols is 1. The van der Waals surface area contributed by atoms with Gasteiger partial charge in [-0.25, -0.2) is 13.8 Å². The average molecular weight is 537 g/mol. The molecule has 1 fully saturated rings. The van der Waals surface area contributed by atoms with Crippen molar-refractivity contribution in [1.82, 2.24) is 15.2 Å². The lowest BCUT2D eigenvalue weighted by Crippen LogP contribution is -2.48. The fourth-order valence-electron chi connectivity index (χ4n) is 4.34. The Bertz CT molecular complexity index is 1370. The minimum absolute atomic E-state index is 0.0386. The number of nitrogens with one attached hydrogen (secondary N) is 1. The molecule has 1 saturated heterocycles. The minimum atomic E-state index is -3.43. The Morgan fingerprint density at radius 1 is 0.947 bits per heavy atom. The molecule has 200 valence electrons. The Morgan fingerprint density at radius 2 is 1.61 bits per heavy atom. The van der Waals surface area contributed by atoms with E-state index in [9.17, 15) is 18.3 Å². The normalized spacial score (nSPS) is 15.0. The molecular formula is C28H32N4O5S. The van der Waals surface area contributed by atoms with Crippen molar-refractivity contribution in [3.05, 3.63) is 89.5 Å². The summed E-state index contributed by atoms with van der Waals surface area (Å²) < 4.78 is 30.9. The van der Waals surface area contributed by atoms with Crippen LogP contribution >= 0.6 is 0 Å². The van der Waals surface area contributed by atoms with Crippen LogP contribution in [0.5, 0.6) is 11.5 Å². The van der Waals surface area contributed by atoms with E-state index in [2.05, 4.69) is 20.3 Å². The number of carbonyl (C=O) groups excluding carboxylic acids is 1. The fourth-order valence-corrected chi connectivity index (χ4v) is 5.76. The number of ether oxygens (including phenoxy) is 1. The first-order valence-electron chi connectivity index (χ1n) is 12.3. The highest BCUT2D eigenvalue weighted by Crippen LogP contribution is 2.28. The lowest BCUT2D eigenvalue weighted by molar-refractivity contribution is -0.122. The van der Waals surface area contributed by atoms with Gasteiger partial charge in [-0.05, 0) is 35.4 Å². The molecule has 38 heavy (non-hydrogen) atoms. The second-order valence-electron chi connectivity index (χ2n) is 9.08. The molecule has 0 bridgehead atoms. The second-order valence-corrected chi connectivity index (χ2v) is 11.1. The van der Waals surface area contributed by atoms with Crippen molar-refractivity contribution in [1.29, 1.82) is 0 Å². The van der Waals surface area contributed by atoms with Crippen LogP contribution in [0, 0.1) is 0 Å². The van der Waals surface area contributed by atoms with Crippen LogP contribution in [0.25, 0.3) is 0 Å². The summed E-state index contributed by atoms with van der Waals surface area (Å²) in [6.45, 7) is 3.79. The minimum Gasteiger partial charge on any atom is -0.504 e. The lowest BCUT2D eigenvalue weighted by atomic mass is 10.1. The van der Waals surface area contributed by atoms with Crippen LogP contribution in [-0.2, 0) is 26.9 Å². The van der Waals surface area contributed by atoms with Gasteiger partial charge in [0.25, 0.3) is 5.91 Å². The number of hydrazone groups is 1. The molecule has 3 aromatic rings. The van der Waals surface area contributed by atoms with E-state index in [4.69, 9.17) is 4.74 Å². The van der Waals surface area contributed by atoms with Gasteiger partial charge in [-0.1, -0.05) is 48.5 Å². The van der Waals surface area contributed by atoms with Crippen molar-refractivity contribution in [2.24, 2.45) is 5.10 Å². The molecule has 10 heteroatoms. The SMILES string of the molecule is COc1cccc(/C=N/NC(=O)CN2CCN(Cc3ccccc3CS(=O)(=O)c3ccccc3)CC2)c1O. The van der Waals surface area contributed by atoms with Crippen LogP contribution < -0.4 is 10.2 Å². The van der Waals surface area contributed by atoms with E-state index in [0.29, 0.717) is 35.8 Å². The van der Waals surface area contributed by atoms with Crippen molar-refractivity contribution >= 4 is 22.0 Å². The highest BCUT2D eigenvalue weighted by molar-refractivity contribution is 7.90. The summed E-state index contributed by atoms with van der Waals surface area (Å²) in [5, 5.41) is 14.0. The zero-order valence-electron chi connectivity index (χ0n) is 21.3. The third-order valence-electron chi connectivity index (χ3n) is 6.44. The molecule has 1 amide bonds. The van der Waals surface area contributed by atoms with Crippen LogP contribution in [0.2, 0.25) is 0 Å². The Labute approximate surface area is 223 Å². The third kappa shape index (κ3) is 7.18. The number of piperazine rings is 1. The maximum atomic E-state index is 12.9. The topological polar surface area (TPSA) is 112 Å². The molecule has 2 N–H and O–H groups in total. The summed E-state index contributed by atoms with van der Waals surface area (Å²) in [7, 11) is -1.97. The molecule has 0 spiro atoms. The number of carbonyl (C=O) groups is 1. The van der Waals surface area contributed by atoms with Crippen LogP contribution in [0.3, 0.4) is 0 Å². The van der Waals surface area contributed by atoms with Gasteiger partial charge in [0.1, 0.15) is 0 Å². The number of rotatable bonds is 10. The number of hydrogen-bond donors (Lipinski definition) is 2. The number of benzene rings is 3. The molecule has 0 saturated carbocycles. The van der Waals surface area contributed by atoms with Gasteiger partial charge >= 0.3 is 0 Å². The third-order valence-corrected chi connectivity index (χ3v) is 8.12. The fraction of sp³-hybridized carbons (Fsp3) is 0.286. The summed E-state index contributed by atoms with van der Waals surface area (Å²) in [4.78, 5) is 17.0. The first-order valence-corrected chi connectivity index (χ1v) is 14.0. The number of hydrogen-bond acceptors (Lipinski definition) is 8. The molecule has 1 aliphatic heterocycles. The highest BCUT2D eigenvalue weighted by Gasteiger charge is 2.21. The van der Waals surface area contributed by atoms with Crippen molar-refractivity contribution in [2.45, 2.75) is 17.2 Å². The lowest BCUT2D eigenvalue weighted by Gasteiger charge is -2.34. The van der Waals surface area contributed by atoms with Crippen LogP contribution in [0.1, 0.15) is 16.7 Å². The van der Waals surface area contributed by atoms with E-state index in [0.717, 1.165) is 24.2 Å². The average Bonchev–Trinajstić information content (AvgIpc) is 2.92. The summed E-state index contributed by atoms with van der Waals surface area (Å²) >= 11 is 0. The number of aromatic hydroxyl groups is 1. The van der Waals surface area contributed by atoms with Crippen LogP contribution in [0.15, 0.2) is 82.8 Å². The van der Waals surface area contributed by atoms with Gasteiger partial charge in [-0.3, -0.25) is 14.6 Å². The molecule has 1 heterocycles. The smallest absolute Gasteiger partial charge is 0.254 e. The van der Waals surface area contributed by atoms with Crippen molar-refractivity contribution in [3.8, 4) is 11.5 Å². The molecule has 3 aromatic carbocycles. The van der Waals surface area contributed by atoms with E-state index in [1.807, 2.05) is 24.3 Å². The molecule has 1 aliphatic rings. The summed E-state index contributed by atoms with van der Waals surface area (Å²) in [6.07, 6.45) is 1.38. The maximum absolute atomic E-state index is 12.9. The Hall–Kier alpha value is -3.73. The van der Waals surface area contributed by atoms with E-state index in [-0.39, 0.29) is 24.0 Å². The Balaban J connectivity index is 1.27. The summed E-state index contributed by atoms with van der Waals surface area (Å²) in [6, 6.07) is 21.2. The molecule has 0 unspecified atom stereocenters. The molecule has 0 aliphatic carbocycles. The monoisotopic (exact) mass is 536 g/mol. The van der Waals surface area contributed by atoms with E-state index < -0.39 is 9.84 Å². The van der Waals surface area contributed by atoms with Gasteiger partial charge in [0, 0.05) is 38.3 Å². The van der Waals surface area contributed by atoms with Gasteiger partial charge in [0.15, 0.2) is 21.3 Å². The van der Waals surface area contributed by atoms with E-state index >= 15 is 0 Å². The standard InChI is InChI=1S/C28H32N4O5S/c1-37-26-13-7-10-22(28(26)34)18-29-30-27(33)20-32-16-14-31(15-17-32)19-23-8-5-6-9-24(23)21-38(35,36)25-11-3-2-4-12-25/h2-13,18,34H,14-17,19-21H2,1H3,(H,30,33)/b29-18+. The molecule has 4 rings (SSSR count). The van der Waals surface area contributed by atoms with Gasteiger partial charge in [0.05, 0.1) is 30.5 Å². The van der Waals surface area contributed by atoms with E-state index in [1.54, 1.807) is 48.5 Å². The largest absolute Gasteiger partial charge is 0.504 e. The molecule has 0 atom stereocenters. The number of amides is 1. The molecular weight excluding hydrogens is 504 g/mol. The predicted molar refractivity (Wildman–Crippen MR) is 146 cm³/mol. The van der Waals surface area contributed by atoms with Crippen LogP contribution in [0.4, 0.5) is 0 Å². The molecule has 9 nitrogen and oxygen atoms in total. The number of para-hydroxylation sites is 1. The van der Waals surface area contributed by atoms with Crippen molar-refractivity contribution in [2.75, 3.05) is 39.8 Å². The van der Waals surface area contributed by atoms with Crippen molar-refractivity contribution in [3.63, 3.8) is 0 Å². The zero-order valence-corrected chi connectivity index (χ0v) is 22.1. The van der Waals surface area contributed by atoms with E-state index in [1.165, 1.54) is 13.3 Å². The van der Waals surface area contributed by atoms with Gasteiger partial charge in [-0.15, -0.1) is 0 Å². The summed E-state index contributed by atoms with van der Waals surface area (Å²) in [5.41, 5.74) is 4.74. The zero-order chi connectivity index (χ0) is 27.0. The Kier molecular flexibility index (Phi) is 9.11. The number of phenolic OH excluding ortho intramolecular Hbond substituents is 1. The van der Waals surface area contributed by atoms with Crippen LogP contribution in [-0.4, -0.2) is 75.3 Å². The van der Waals surface area contributed by atoms with Gasteiger partial charge in [0.2, 0.25) is 0 Å². The Morgan fingerprint density at radius 3 is 2.32 bits per heavy atom. The second kappa shape index (κ2) is 12.7. The first-order chi connectivity index (χ1) is 18.4. The number of nitrogens with zero attached hydrogens (tertiary/aromatic N) is 3. The van der Waals surface area contributed by atoms with Gasteiger partial charge < -0.3 is 9.84 Å². The maximum Gasteiger partial charge on any atom is 0.254 e. The first kappa shape index (κ1) is 27.3. The number of methoxy groups -OCH3 is 1. The van der Waals surface area contributed by atoms with Gasteiger partial charge in [-0.2, -0.15) is 5.10 Å². The quantitative estimate of drug-likeness (QED) is 0.303. The summed E-state index contributed by atoms with van der Waals surface area (Å²) in [5.74, 6) is 0.0111. The predicted octanol–water partition coefficient (Wildman–Crippen LogP) is 2.64. The molecule has 0 aromatic heterocycles. The highest BCUT2D eigenvalue weighted by atomic mass is 32.2. The molecule has 0 radical (unpaired) electrons. The van der Waals surface area contributed by atoms with Crippen molar-refractivity contribution < 1.29 is 23.1 Å². The number of sulfone groups is 1.